The average Bonchev–Trinajstić information content (AvgIpc) is 2.48. The van der Waals surface area contributed by atoms with Crippen molar-refractivity contribution in [1.82, 2.24) is 0 Å². The Morgan fingerprint density at radius 1 is 1.23 bits per heavy atom. The number of guanidine groups is 2. The van der Waals surface area contributed by atoms with E-state index in [1.54, 1.807) is 0 Å². The molecule has 1 spiro atoms. The van der Waals surface area contributed by atoms with Gasteiger partial charge in [-0.1, -0.05) is 18.0 Å². The van der Waals surface area contributed by atoms with E-state index in [9.17, 15) is 0 Å². The third-order valence-corrected chi connectivity index (χ3v) is 4.56. The third kappa shape index (κ3) is 2.47. The maximum Gasteiger partial charge on any atom is 0.220 e. The van der Waals surface area contributed by atoms with Gasteiger partial charge in [0.25, 0.3) is 0 Å². The molecule has 6 nitrogen and oxygen atoms in total. The molecule has 1 heterocycles. The highest BCUT2D eigenvalue weighted by Crippen LogP contribution is 2.42. The van der Waals surface area contributed by atoms with Gasteiger partial charge in [0.2, 0.25) is 11.9 Å². The van der Waals surface area contributed by atoms with E-state index in [-0.39, 0.29) is 5.96 Å². The van der Waals surface area contributed by atoms with E-state index in [0.717, 1.165) is 37.1 Å². The van der Waals surface area contributed by atoms with Gasteiger partial charge in [-0.15, -0.1) is 0 Å². The predicted molar refractivity (Wildman–Crippen MR) is 92.5 cm³/mol. The summed E-state index contributed by atoms with van der Waals surface area (Å²) in [5.41, 5.74) is 13.5. The van der Waals surface area contributed by atoms with Crippen LogP contribution in [-0.4, -0.2) is 24.6 Å². The van der Waals surface area contributed by atoms with Crippen LogP contribution in [0.3, 0.4) is 0 Å². The smallest absolute Gasteiger partial charge is 0.220 e. The van der Waals surface area contributed by atoms with Gasteiger partial charge in [0, 0.05) is 12.1 Å². The maximum atomic E-state index is 6.22. The van der Waals surface area contributed by atoms with Gasteiger partial charge in [-0.05, 0) is 43.9 Å². The summed E-state index contributed by atoms with van der Waals surface area (Å²) in [6, 6.07) is 5.68. The fourth-order valence-electron chi connectivity index (χ4n) is 3.37. The summed E-state index contributed by atoms with van der Waals surface area (Å²) in [6.45, 7) is 0. The molecule has 0 atom stereocenters. The molecule has 1 aromatic carbocycles. The van der Waals surface area contributed by atoms with Gasteiger partial charge in [-0.2, -0.15) is 4.99 Å². The molecule has 0 saturated heterocycles. The molecule has 1 aromatic rings. The molecule has 3 rings (SSSR count). The minimum atomic E-state index is -0.437. The Bertz CT molecular complexity index is 633. The number of nitrogens with zero attached hydrogens (tertiary/aromatic N) is 3. The lowest BCUT2D eigenvalue weighted by atomic mass is 9.87. The Morgan fingerprint density at radius 2 is 1.95 bits per heavy atom. The first-order valence-corrected chi connectivity index (χ1v) is 7.90. The molecule has 1 aliphatic heterocycles. The third-order valence-electron chi connectivity index (χ3n) is 4.32. The Hall–Kier alpha value is -1.95. The lowest BCUT2D eigenvalue weighted by Crippen LogP contribution is -2.58. The van der Waals surface area contributed by atoms with Crippen molar-refractivity contribution in [3.8, 4) is 0 Å². The first-order chi connectivity index (χ1) is 10.6. The number of aliphatic imine (C=N–C) groups is 2. The second kappa shape index (κ2) is 5.68. The molecular weight excluding hydrogens is 300 g/mol. The zero-order valence-corrected chi connectivity index (χ0v) is 13.4. The fourth-order valence-corrected chi connectivity index (χ4v) is 3.55. The highest BCUT2D eigenvalue weighted by molar-refractivity contribution is 6.31. The molecule has 1 fully saturated rings. The standard InChI is InChI=1S/C15H21ClN6/c1-19-11-9-10(16)5-6-12(11)22-14(18)20-13(17)21-15(22)7-3-2-4-8-15/h5-6,9,19H,2-4,7-8H2,1H3,(H4,17,18,20,21). The van der Waals surface area contributed by atoms with Gasteiger partial charge in [0.15, 0.2) is 0 Å². The van der Waals surface area contributed by atoms with E-state index in [2.05, 4.69) is 15.3 Å². The quantitative estimate of drug-likeness (QED) is 0.780. The molecule has 0 bridgehead atoms. The van der Waals surface area contributed by atoms with Gasteiger partial charge < -0.3 is 16.8 Å². The molecule has 22 heavy (non-hydrogen) atoms. The highest BCUT2D eigenvalue weighted by Gasteiger charge is 2.43. The number of rotatable bonds is 2. The van der Waals surface area contributed by atoms with Gasteiger partial charge in [-0.25, -0.2) is 4.99 Å². The Labute approximate surface area is 135 Å². The Balaban J connectivity index is 2.12. The van der Waals surface area contributed by atoms with E-state index >= 15 is 0 Å². The number of anilines is 2. The van der Waals surface area contributed by atoms with Gasteiger partial charge in [0.1, 0.15) is 5.66 Å². The highest BCUT2D eigenvalue weighted by atomic mass is 35.5. The van der Waals surface area contributed by atoms with Crippen LogP contribution < -0.4 is 21.7 Å². The molecule has 1 aliphatic carbocycles. The number of hydrogen-bond acceptors (Lipinski definition) is 6. The van der Waals surface area contributed by atoms with Crippen molar-refractivity contribution in [2.75, 3.05) is 17.3 Å². The second-order valence-corrected chi connectivity index (χ2v) is 6.17. The van der Waals surface area contributed by atoms with E-state index in [4.69, 9.17) is 23.1 Å². The first kappa shape index (κ1) is 15.0. The molecule has 1 saturated carbocycles. The molecule has 7 heteroatoms. The minimum Gasteiger partial charge on any atom is -0.386 e. The Morgan fingerprint density at radius 3 is 2.64 bits per heavy atom. The van der Waals surface area contributed by atoms with Crippen molar-refractivity contribution >= 4 is 34.9 Å². The van der Waals surface area contributed by atoms with Crippen LogP contribution in [0.15, 0.2) is 28.2 Å². The normalized spacial score (nSPS) is 20.5. The van der Waals surface area contributed by atoms with Crippen molar-refractivity contribution in [2.45, 2.75) is 37.8 Å². The summed E-state index contributed by atoms with van der Waals surface area (Å²) in [4.78, 5) is 10.9. The van der Waals surface area contributed by atoms with E-state index in [1.807, 2.05) is 30.1 Å². The van der Waals surface area contributed by atoms with Crippen molar-refractivity contribution in [3.05, 3.63) is 23.2 Å². The second-order valence-electron chi connectivity index (χ2n) is 5.73. The monoisotopic (exact) mass is 320 g/mol. The lowest BCUT2D eigenvalue weighted by Gasteiger charge is -2.46. The zero-order valence-electron chi connectivity index (χ0n) is 12.6. The summed E-state index contributed by atoms with van der Waals surface area (Å²) in [7, 11) is 1.86. The Kier molecular flexibility index (Phi) is 3.87. The SMILES string of the molecule is CNc1cc(Cl)ccc1N1C(N)=NC(N)=NC12CCCCC2. The number of hydrogen-bond donors (Lipinski definition) is 3. The number of nitrogens with two attached hydrogens (primary N) is 2. The lowest BCUT2D eigenvalue weighted by molar-refractivity contribution is 0.306. The summed E-state index contributed by atoms with van der Waals surface area (Å²) in [6.07, 6.45) is 5.24. The van der Waals surface area contributed by atoms with Crippen LogP contribution in [0.2, 0.25) is 5.02 Å². The zero-order chi connectivity index (χ0) is 15.7. The van der Waals surface area contributed by atoms with E-state index < -0.39 is 5.66 Å². The van der Waals surface area contributed by atoms with Gasteiger partial charge >= 0.3 is 0 Å². The van der Waals surface area contributed by atoms with Crippen molar-refractivity contribution in [2.24, 2.45) is 21.5 Å². The van der Waals surface area contributed by atoms with E-state index in [1.165, 1.54) is 6.42 Å². The molecule has 118 valence electrons. The van der Waals surface area contributed by atoms with Crippen LogP contribution in [-0.2, 0) is 0 Å². The average molecular weight is 321 g/mol. The minimum absolute atomic E-state index is 0.260. The van der Waals surface area contributed by atoms with Crippen LogP contribution in [0.25, 0.3) is 0 Å². The molecule has 5 N–H and O–H groups in total. The molecule has 0 aromatic heterocycles. The molecule has 0 unspecified atom stereocenters. The predicted octanol–water partition coefficient (Wildman–Crippen LogP) is 2.49. The van der Waals surface area contributed by atoms with Crippen LogP contribution in [0.4, 0.5) is 11.4 Å². The first-order valence-electron chi connectivity index (χ1n) is 7.53. The summed E-state index contributed by atoms with van der Waals surface area (Å²) in [5.74, 6) is 0.642. The summed E-state index contributed by atoms with van der Waals surface area (Å²) in [5, 5.41) is 3.84. The van der Waals surface area contributed by atoms with Crippen LogP contribution in [0.5, 0.6) is 0 Å². The number of benzene rings is 1. The van der Waals surface area contributed by atoms with Crippen LogP contribution in [0, 0.1) is 0 Å². The van der Waals surface area contributed by atoms with Crippen molar-refractivity contribution in [3.63, 3.8) is 0 Å². The topological polar surface area (TPSA) is 92.0 Å². The molecule has 0 amide bonds. The van der Waals surface area contributed by atoms with Gasteiger partial charge in [-0.3, -0.25) is 4.90 Å². The van der Waals surface area contributed by atoms with Crippen molar-refractivity contribution < 1.29 is 0 Å². The molecule has 0 radical (unpaired) electrons. The largest absolute Gasteiger partial charge is 0.386 e. The van der Waals surface area contributed by atoms with Crippen LogP contribution in [0.1, 0.15) is 32.1 Å². The van der Waals surface area contributed by atoms with Crippen LogP contribution >= 0.6 is 11.6 Å². The maximum absolute atomic E-state index is 6.22. The molecule has 2 aliphatic rings. The summed E-state index contributed by atoms with van der Waals surface area (Å²) < 4.78 is 0. The number of nitrogens with one attached hydrogen (secondary N) is 1. The number of halogens is 1. The summed E-state index contributed by atoms with van der Waals surface area (Å²) >= 11 is 6.10. The van der Waals surface area contributed by atoms with Gasteiger partial charge in [0.05, 0.1) is 11.4 Å². The molecular formula is C15H21ClN6. The van der Waals surface area contributed by atoms with Crippen molar-refractivity contribution in [1.29, 1.82) is 0 Å². The fraction of sp³-hybridized carbons (Fsp3) is 0.467. The van der Waals surface area contributed by atoms with E-state index in [0.29, 0.717) is 11.0 Å².